The van der Waals surface area contributed by atoms with Crippen LogP contribution >= 0.6 is 0 Å². The van der Waals surface area contributed by atoms with Gasteiger partial charge in [0.05, 0.1) is 0 Å². The number of carbonyl (C=O) groups is 1. The molecule has 1 aliphatic carbocycles. The third-order valence-corrected chi connectivity index (χ3v) is 3.27. The molecule has 0 amide bonds. The molecule has 1 heteroatoms. The second-order valence-electron chi connectivity index (χ2n) is 6.76. The van der Waals surface area contributed by atoms with Crippen molar-refractivity contribution in [2.75, 3.05) is 0 Å². The Kier molecular flexibility index (Phi) is 3.14. The molecule has 0 aromatic carbocycles. The lowest BCUT2D eigenvalue weighted by Crippen LogP contribution is -2.29. The minimum absolute atomic E-state index is 0.000995. The van der Waals surface area contributed by atoms with Crippen LogP contribution in [0.5, 0.6) is 0 Å². The van der Waals surface area contributed by atoms with Gasteiger partial charge in [0.15, 0.2) is 5.78 Å². The van der Waals surface area contributed by atoms with E-state index in [1.165, 1.54) is 0 Å². The largest absolute Gasteiger partial charge is 0.295 e. The van der Waals surface area contributed by atoms with Gasteiger partial charge in [0.1, 0.15) is 0 Å². The van der Waals surface area contributed by atoms with Crippen molar-refractivity contribution in [3.8, 4) is 0 Å². The van der Waals surface area contributed by atoms with E-state index in [0.717, 1.165) is 18.4 Å². The van der Waals surface area contributed by atoms with Crippen LogP contribution in [0.25, 0.3) is 0 Å². The van der Waals surface area contributed by atoms with Crippen LogP contribution in [0.15, 0.2) is 11.6 Å². The van der Waals surface area contributed by atoms with Gasteiger partial charge in [-0.2, -0.15) is 0 Å². The Morgan fingerprint density at radius 1 is 1.13 bits per heavy atom. The molecule has 1 aliphatic rings. The standard InChI is InChI=1S/C14H24O/c1-13(2,3)10-7-8-12(15)11(9-10)14(4,5)6/h9-10H,7-8H2,1-6H3. The smallest absolute Gasteiger partial charge is 0.159 e. The maximum atomic E-state index is 11.8. The molecule has 1 rings (SSSR count). The number of carbonyl (C=O) groups excluding carboxylic acids is 1. The van der Waals surface area contributed by atoms with Crippen molar-refractivity contribution in [3.63, 3.8) is 0 Å². The Morgan fingerprint density at radius 2 is 1.67 bits per heavy atom. The number of allylic oxidation sites excluding steroid dienone is 2. The predicted molar refractivity (Wildman–Crippen MR) is 64.7 cm³/mol. The summed E-state index contributed by atoms with van der Waals surface area (Å²) < 4.78 is 0. The number of Topliss-reactive ketones (excluding diaryl/α,β-unsaturated/α-hetero) is 1. The topological polar surface area (TPSA) is 17.1 Å². The summed E-state index contributed by atoms with van der Waals surface area (Å²) in [4.78, 5) is 11.8. The molecule has 1 unspecified atom stereocenters. The third kappa shape index (κ3) is 2.93. The highest BCUT2D eigenvalue weighted by Crippen LogP contribution is 2.39. The van der Waals surface area contributed by atoms with Gasteiger partial charge in [0.25, 0.3) is 0 Å². The Bertz CT molecular complexity index is 283. The van der Waals surface area contributed by atoms with E-state index in [1.807, 2.05) is 0 Å². The van der Waals surface area contributed by atoms with E-state index in [2.05, 4.69) is 47.6 Å². The summed E-state index contributed by atoms with van der Waals surface area (Å²) in [5, 5.41) is 0. The summed E-state index contributed by atoms with van der Waals surface area (Å²) in [6, 6.07) is 0. The molecule has 1 nitrogen and oxygen atoms in total. The number of ketones is 1. The molecule has 0 N–H and O–H groups in total. The fourth-order valence-electron chi connectivity index (χ4n) is 2.15. The highest BCUT2D eigenvalue weighted by Gasteiger charge is 2.33. The van der Waals surface area contributed by atoms with Gasteiger partial charge in [-0.05, 0) is 28.7 Å². The van der Waals surface area contributed by atoms with Crippen molar-refractivity contribution >= 4 is 5.78 Å². The zero-order valence-electron chi connectivity index (χ0n) is 11.0. The molecule has 0 bridgehead atoms. The fourth-order valence-corrected chi connectivity index (χ4v) is 2.15. The average Bonchev–Trinajstić information content (AvgIpc) is 2.00. The normalized spacial score (nSPS) is 24.0. The molecule has 86 valence electrons. The molecular weight excluding hydrogens is 184 g/mol. The van der Waals surface area contributed by atoms with E-state index in [4.69, 9.17) is 0 Å². The Balaban J connectivity index is 3.02. The first-order valence-electron chi connectivity index (χ1n) is 5.88. The molecule has 0 fully saturated rings. The molecule has 15 heavy (non-hydrogen) atoms. The van der Waals surface area contributed by atoms with Crippen LogP contribution in [-0.2, 0) is 4.79 Å². The molecule has 0 radical (unpaired) electrons. The maximum Gasteiger partial charge on any atom is 0.159 e. The second kappa shape index (κ2) is 3.77. The van der Waals surface area contributed by atoms with Crippen LogP contribution in [0.2, 0.25) is 0 Å². The molecule has 0 aliphatic heterocycles. The minimum atomic E-state index is 0.000995. The van der Waals surface area contributed by atoms with Crippen LogP contribution in [-0.4, -0.2) is 5.78 Å². The Hall–Kier alpha value is -0.590. The summed E-state index contributed by atoms with van der Waals surface area (Å²) in [6.07, 6.45) is 3.97. The van der Waals surface area contributed by atoms with Gasteiger partial charge < -0.3 is 0 Å². The molecule has 1 atom stereocenters. The van der Waals surface area contributed by atoms with E-state index < -0.39 is 0 Å². The zero-order chi connectivity index (χ0) is 11.9. The lowest BCUT2D eigenvalue weighted by molar-refractivity contribution is -0.117. The average molecular weight is 208 g/mol. The van der Waals surface area contributed by atoms with Crippen LogP contribution in [0.3, 0.4) is 0 Å². The molecule has 0 saturated carbocycles. The predicted octanol–water partition coefficient (Wildman–Crippen LogP) is 3.98. The monoisotopic (exact) mass is 208 g/mol. The quantitative estimate of drug-likeness (QED) is 0.588. The zero-order valence-corrected chi connectivity index (χ0v) is 11.0. The number of rotatable bonds is 0. The number of hydrogen-bond donors (Lipinski definition) is 0. The van der Waals surface area contributed by atoms with Crippen molar-refractivity contribution in [2.24, 2.45) is 16.7 Å². The summed E-state index contributed by atoms with van der Waals surface area (Å²) in [5.41, 5.74) is 1.31. The van der Waals surface area contributed by atoms with Gasteiger partial charge in [-0.25, -0.2) is 0 Å². The summed E-state index contributed by atoms with van der Waals surface area (Å²) in [6.45, 7) is 13.1. The molecular formula is C14H24O. The molecule has 0 spiro atoms. The van der Waals surface area contributed by atoms with Crippen LogP contribution in [0.4, 0.5) is 0 Å². The summed E-state index contributed by atoms with van der Waals surface area (Å²) in [5.74, 6) is 0.896. The van der Waals surface area contributed by atoms with E-state index >= 15 is 0 Å². The Labute approximate surface area is 93.9 Å². The van der Waals surface area contributed by atoms with E-state index in [-0.39, 0.29) is 10.8 Å². The SMILES string of the molecule is CC(C)(C)C1=CC(C(C)(C)C)CCC1=O. The highest BCUT2D eigenvalue weighted by atomic mass is 16.1. The van der Waals surface area contributed by atoms with Crippen LogP contribution < -0.4 is 0 Å². The van der Waals surface area contributed by atoms with Gasteiger partial charge in [-0.3, -0.25) is 4.79 Å². The molecule has 0 aromatic heterocycles. The first-order chi connectivity index (χ1) is 6.62. The van der Waals surface area contributed by atoms with Crippen LogP contribution in [0, 0.1) is 16.7 Å². The van der Waals surface area contributed by atoms with Crippen molar-refractivity contribution in [1.29, 1.82) is 0 Å². The lowest BCUT2D eigenvalue weighted by atomic mass is 9.69. The molecule has 0 heterocycles. The molecule has 0 aromatic rings. The van der Waals surface area contributed by atoms with Gasteiger partial charge in [-0.15, -0.1) is 0 Å². The van der Waals surface area contributed by atoms with Gasteiger partial charge >= 0.3 is 0 Å². The first-order valence-corrected chi connectivity index (χ1v) is 5.88. The van der Waals surface area contributed by atoms with Gasteiger partial charge in [0.2, 0.25) is 0 Å². The summed E-state index contributed by atoms with van der Waals surface area (Å²) in [7, 11) is 0. The van der Waals surface area contributed by atoms with Crippen molar-refractivity contribution < 1.29 is 4.79 Å². The Morgan fingerprint density at radius 3 is 2.07 bits per heavy atom. The highest BCUT2D eigenvalue weighted by molar-refractivity contribution is 5.97. The van der Waals surface area contributed by atoms with Crippen LogP contribution in [0.1, 0.15) is 54.4 Å². The minimum Gasteiger partial charge on any atom is -0.295 e. The fraction of sp³-hybridized carbons (Fsp3) is 0.786. The second-order valence-corrected chi connectivity index (χ2v) is 6.76. The lowest BCUT2D eigenvalue weighted by Gasteiger charge is -2.35. The van der Waals surface area contributed by atoms with Crippen molar-refractivity contribution in [3.05, 3.63) is 11.6 Å². The van der Waals surface area contributed by atoms with E-state index in [1.54, 1.807) is 0 Å². The van der Waals surface area contributed by atoms with E-state index in [9.17, 15) is 4.79 Å². The maximum absolute atomic E-state index is 11.8. The molecule has 0 saturated heterocycles. The van der Waals surface area contributed by atoms with Crippen molar-refractivity contribution in [2.45, 2.75) is 54.4 Å². The summed E-state index contributed by atoms with van der Waals surface area (Å²) >= 11 is 0. The van der Waals surface area contributed by atoms with Gasteiger partial charge in [0, 0.05) is 6.42 Å². The van der Waals surface area contributed by atoms with E-state index in [0.29, 0.717) is 11.7 Å². The number of hydrogen-bond acceptors (Lipinski definition) is 1. The third-order valence-electron chi connectivity index (χ3n) is 3.27. The van der Waals surface area contributed by atoms with Gasteiger partial charge in [-0.1, -0.05) is 47.6 Å². The van der Waals surface area contributed by atoms with Crippen molar-refractivity contribution in [1.82, 2.24) is 0 Å². The first kappa shape index (κ1) is 12.5.